The van der Waals surface area contributed by atoms with Crippen molar-refractivity contribution < 1.29 is 4.79 Å². The fourth-order valence-electron chi connectivity index (χ4n) is 2.23. The number of hydrogen-bond donors (Lipinski definition) is 3. The number of nitrogens with two attached hydrogens (primary N) is 1. The molecule has 0 fully saturated rings. The van der Waals surface area contributed by atoms with Crippen molar-refractivity contribution in [2.75, 3.05) is 10.7 Å². The van der Waals surface area contributed by atoms with Crippen molar-refractivity contribution in [3.05, 3.63) is 53.3 Å². The van der Waals surface area contributed by atoms with Crippen LogP contribution in [0.3, 0.4) is 0 Å². The lowest BCUT2D eigenvalue weighted by Crippen LogP contribution is -2.18. The number of anilines is 2. The Hall–Kier alpha value is -2.40. The van der Waals surface area contributed by atoms with E-state index in [9.17, 15) is 4.79 Å². The third-order valence-corrected chi connectivity index (χ3v) is 3.39. The Bertz CT molecular complexity index is 652. The van der Waals surface area contributed by atoms with Crippen LogP contribution in [0, 0.1) is 6.92 Å². The minimum atomic E-state index is -0.207. The van der Waals surface area contributed by atoms with Gasteiger partial charge in [-0.15, -0.1) is 0 Å². The average Bonchev–Trinajstić information content (AvgIpc) is 2.48. The van der Waals surface area contributed by atoms with Gasteiger partial charge in [0.15, 0.2) is 0 Å². The molecule has 1 heterocycles. The van der Waals surface area contributed by atoms with Crippen LogP contribution in [0.2, 0.25) is 0 Å². The summed E-state index contributed by atoms with van der Waals surface area (Å²) in [5.41, 5.74) is 6.45. The molecule has 0 bridgehead atoms. The Kier molecular flexibility index (Phi) is 4.55. The number of amides is 1. The molecule has 0 saturated carbocycles. The van der Waals surface area contributed by atoms with Crippen LogP contribution in [-0.4, -0.2) is 10.9 Å². The summed E-state index contributed by atoms with van der Waals surface area (Å²) in [5, 5.41) is 2.99. The monoisotopic (exact) mass is 284 g/mol. The summed E-state index contributed by atoms with van der Waals surface area (Å²) in [6.45, 7) is 6.18. The number of para-hydroxylation sites is 1. The van der Waals surface area contributed by atoms with Gasteiger partial charge in [-0.3, -0.25) is 15.6 Å². The predicted octanol–water partition coefficient (Wildman–Crippen LogP) is 3.05. The van der Waals surface area contributed by atoms with Crippen LogP contribution in [0.25, 0.3) is 0 Å². The SMILES string of the molecule is Cc1cccc(C(C)C)c1NC(=O)c1ccncc1NN. The van der Waals surface area contributed by atoms with Gasteiger partial charge in [0.25, 0.3) is 5.91 Å². The van der Waals surface area contributed by atoms with E-state index < -0.39 is 0 Å². The van der Waals surface area contributed by atoms with E-state index in [0.717, 1.165) is 16.8 Å². The molecule has 0 aliphatic rings. The molecule has 0 spiro atoms. The summed E-state index contributed by atoms with van der Waals surface area (Å²) < 4.78 is 0. The number of hydrogen-bond acceptors (Lipinski definition) is 4. The van der Waals surface area contributed by atoms with Crippen molar-refractivity contribution in [3.63, 3.8) is 0 Å². The fourth-order valence-corrected chi connectivity index (χ4v) is 2.23. The number of aryl methyl sites for hydroxylation is 1. The van der Waals surface area contributed by atoms with Crippen molar-refractivity contribution >= 4 is 17.3 Å². The molecule has 4 N–H and O–H groups in total. The normalized spacial score (nSPS) is 10.5. The molecular weight excluding hydrogens is 264 g/mol. The predicted molar refractivity (Wildman–Crippen MR) is 85.3 cm³/mol. The second kappa shape index (κ2) is 6.37. The van der Waals surface area contributed by atoms with Gasteiger partial charge in [-0.1, -0.05) is 32.0 Å². The highest BCUT2D eigenvalue weighted by Crippen LogP contribution is 2.28. The van der Waals surface area contributed by atoms with Crippen molar-refractivity contribution in [3.8, 4) is 0 Å². The molecule has 1 amide bonds. The van der Waals surface area contributed by atoms with Crippen LogP contribution in [-0.2, 0) is 0 Å². The quantitative estimate of drug-likeness (QED) is 0.595. The number of nitrogens with zero attached hydrogens (tertiary/aromatic N) is 1. The summed E-state index contributed by atoms with van der Waals surface area (Å²) in [5.74, 6) is 5.54. The van der Waals surface area contributed by atoms with Crippen molar-refractivity contribution in [1.82, 2.24) is 4.98 Å². The van der Waals surface area contributed by atoms with E-state index in [-0.39, 0.29) is 5.91 Å². The van der Waals surface area contributed by atoms with Crippen LogP contribution in [0.4, 0.5) is 11.4 Å². The highest BCUT2D eigenvalue weighted by atomic mass is 16.1. The summed E-state index contributed by atoms with van der Waals surface area (Å²) in [4.78, 5) is 16.4. The van der Waals surface area contributed by atoms with Crippen LogP contribution in [0.15, 0.2) is 36.7 Å². The molecular formula is C16H20N4O. The van der Waals surface area contributed by atoms with E-state index in [2.05, 4.69) is 29.6 Å². The molecule has 2 rings (SSSR count). The molecule has 5 nitrogen and oxygen atoms in total. The van der Waals surface area contributed by atoms with Crippen LogP contribution < -0.4 is 16.6 Å². The van der Waals surface area contributed by atoms with Gasteiger partial charge in [0, 0.05) is 11.9 Å². The molecule has 5 heteroatoms. The first-order valence-corrected chi connectivity index (χ1v) is 6.86. The van der Waals surface area contributed by atoms with E-state index in [1.165, 1.54) is 6.20 Å². The molecule has 0 aliphatic carbocycles. The molecule has 1 aromatic carbocycles. The fraction of sp³-hybridized carbons (Fsp3) is 0.250. The molecule has 0 unspecified atom stereocenters. The zero-order chi connectivity index (χ0) is 15.4. The number of pyridine rings is 1. The first-order valence-electron chi connectivity index (χ1n) is 6.86. The number of benzene rings is 1. The Morgan fingerprint density at radius 2 is 2.05 bits per heavy atom. The number of carbonyl (C=O) groups is 1. The maximum absolute atomic E-state index is 12.5. The van der Waals surface area contributed by atoms with Crippen LogP contribution in [0.5, 0.6) is 0 Å². The third-order valence-electron chi connectivity index (χ3n) is 3.39. The van der Waals surface area contributed by atoms with Gasteiger partial charge >= 0.3 is 0 Å². The van der Waals surface area contributed by atoms with Gasteiger partial charge in [0.1, 0.15) is 0 Å². The lowest BCUT2D eigenvalue weighted by molar-refractivity contribution is 0.102. The zero-order valence-corrected chi connectivity index (χ0v) is 12.5. The van der Waals surface area contributed by atoms with Gasteiger partial charge in [0.2, 0.25) is 0 Å². The van der Waals surface area contributed by atoms with E-state index in [1.54, 1.807) is 12.3 Å². The Morgan fingerprint density at radius 3 is 2.71 bits per heavy atom. The highest BCUT2D eigenvalue weighted by molar-refractivity contribution is 6.08. The summed E-state index contributed by atoms with van der Waals surface area (Å²) in [6, 6.07) is 7.65. The lowest BCUT2D eigenvalue weighted by Gasteiger charge is -2.17. The Balaban J connectivity index is 2.36. The smallest absolute Gasteiger partial charge is 0.257 e. The molecule has 0 saturated heterocycles. The van der Waals surface area contributed by atoms with Gasteiger partial charge in [-0.25, -0.2) is 0 Å². The topological polar surface area (TPSA) is 80.0 Å². The van der Waals surface area contributed by atoms with E-state index in [4.69, 9.17) is 5.84 Å². The molecule has 1 aromatic heterocycles. The Labute approximate surface area is 124 Å². The number of rotatable bonds is 4. The average molecular weight is 284 g/mol. The number of hydrazine groups is 1. The molecule has 21 heavy (non-hydrogen) atoms. The molecule has 2 aromatic rings. The molecule has 110 valence electrons. The van der Waals surface area contributed by atoms with E-state index in [1.807, 2.05) is 25.1 Å². The maximum atomic E-state index is 12.5. The number of nitrogen functional groups attached to an aromatic ring is 1. The van der Waals surface area contributed by atoms with Crippen molar-refractivity contribution in [2.24, 2.45) is 5.84 Å². The number of nitrogens with one attached hydrogen (secondary N) is 2. The first kappa shape index (κ1) is 15.0. The molecule has 0 atom stereocenters. The Morgan fingerprint density at radius 1 is 1.29 bits per heavy atom. The van der Waals surface area contributed by atoms with Gasteiger partial charge in [-0.05, 0) is 30.0 Å². The second-order valence-corrected chi connectivity index (χ2v) is 5.21. The highest BCUT2D eigenvalue weighted by Gasteiger charge is 2.15. The van der Waals surface area contributed by atoms with E-state index in [0.29, 0.717) is 17.2 Å². The summed E-state index contributed by atoms with van der Waals surface area (Å²) in [7, 11) is 0. The minimum absolute atomic E-state index is 0.207. The third kappa shape index (κ3) is 3.20. The van der Waals surface area contributed by atoms with Crippen LogP contribution in [0.1, 0.15) is 41.3 Å². The second-order valence-electron chi connectivity index (χ2n) is 5.21. The van der Waals surface area contributed by atoms with Crippen LogP contribution >= 0.6 is 0 Å². The summed E-state index contributed by atoms with van der Waals surface area (Å²) >= 11 is 0. The maximum Gasteiger partial charge on any atom is 0.257 e. The van der Waals surface area contributed by atoms with Crippen molar-refractivity contribution in [1.29, 1.82) is 0 Å². The molecule has 0 radical (unpaired) electrons. The largest absolute Gasteiger partial charge is 0.322 e. The van der Waals surface area contributed by atoms with Gasteiger partial charge in [-0.2, -0.15) is 0 Å². The van der Waals surface area contributed by atoms with E-state index >= 15 is 0 Å². The lowest BCUT2D eigenvalue weighted by atomic mass is 9.98. The number of aromatic nitrogens is 1. The van der Waals surface area contributed by atoms with Gasteiger partial charge < -0.3 is 10.7 Å². The first-order chi connectivity index (χ1) is 10.0. The molecule has 0 aliphatic heterocycles. The van der Waals surface area contributed by atoms with Gasteiger partial charge in [0.05, 0.1) is 17.4 Å². The standard InChI is InChI=1S/C16H20N4O/c1-10(2)12-6-4-5-11(3)15(12)19-16(21)13-7-8-18-9-14(13)20-17/h4-10,20H,17H2,1-3H3,(H,19,21). The zero-order valence-electron chi connectivity index (χ0n) is 12.5. The minimum Gasteiger partial charge on any atom is -0.322 e. The number of carbonyl (C=O) groups excluding carboxylic acids is 1. The summed E-state index contributed by atoms with van der Waals surface area (Å²) in [6.07, 6.45) is 3.09. The van der Waals surface area contributed by atoms with Crippen molar-refractivity contribution in [2.45, 2.75) is 26.7 Å².